The number of para-hydroxylation sites is 1. The summed E-state index contributed by atoms with van der Waals surface area (Å²) in [5, 5.41) is 0. The fourth-order valence-corrected chi connectivity index (χ4v) is 7.12. The zero-order valence-corrected chi connectivity index (χ0v) is 40.5. The number of hydrogen-bond donors (Lipinski definition) is 0. The molecule has 0 aromatic heterocycles. The molecule has 14 nitrogen and oxygen atoms in total. The first-order valence-electron chi connectivity index (χ1n) is 22.8. The molecule has 370 valence electrons. The molecule has 14 heteroatoms. The maximum atomic E-state index is 13.3. The molecule has 0 amide bonds. The van der Waals surface area contributed by atoms with Crippen LogP contribution in [-0.4, -0.2) is 52.3 Å². The van der Waals surface area contributed by atoms with Crippen LogP contribution < -0.4 is 47.4 Å². The van der Waals surface area contributed by atoms with E-state index in [1.54, 1.807) is 60.7 Å². The molecule has 0 spiro atoms. The maximum absolute atomic E-state index is 13.3. The molecule has 8 aromatic rings. The number of benzene rings is 8. The molecule has 0 bridgehead atoms. The summed E-state index contributed by atoms with van der Waals surface area (Å²) in [7, 11) is 5.84. The Morgan fingerprint density at radius 3 is 1.22 bits per heavy atom. The zero-order valence-electron chi connectivity index (χ0n) is 40.5. The second kappa shape index (κ2) is 24.2. The summed E-state index contributed by atoms with van der Waals surface area (Å²) >= 11 is 0. The standard InChI is InChI=1S/C60H46O14/c1-65-52-34-50(53(66-2)33-44(52)38-69-45-13-9-6-10-14-45)59(63)73-48-29-21-42(22-30-48)57(61)71-46-25-17-39(18-26-46)15-16-40-19-27-47(28-20-40)72-58(62)43-23-31-49(32-24-43)74-60(64)51-35-55(68-4)56(36-54(51)67-3)70-37-41-11-7-5-8-12-41/h5-14,17-36H,37-38H2,1-4H3. The van der Waals surface area contributed by atoms with E-state index < -0.39 is 23.9 Å². The normalized spacial score (nSPS) is 10.4. The Kier molecular flexibility index (Phi) is 16.5. The van der Waals surface area contributed by atoms with Gasteiger partial charge < -0.3 is 47.4 Å². The predicted octanol–water partition coefficient (Wildman–Crippen LogP) is 11.2. The summed E-state index contributed by atoms with van der Waals surface area (Å²) in [5.74, 6) is 6.77. The molecule has 0 radical (unpaired) electrons. The Labute approximate surface area is 426 Å². The molecule has 0 fully saturated rings. The predicted molar refractivity (Wildman–Crippen MR) is 272 cm³/mol. The van der Waals surface area contributed by atoms with E-state index in [0.29, 0.717) is 51.2 Å². The highest BCUT2D eigenvalue weighted by Crippen LogP contribution is 2.36. The van der Waals surface area contributed by atoms with Gasteiger partial charge in [-0.05, 0) is 127 Å². The minimum atomic E-state index is -0.704. The molecular formula is C60H46O14. The number of carbonyl (C=O) groups excluding carboxylic acids is 4. The average molecular weight is 991 g/mol. The van der Waals surface area contributed by atoms with E-state index in [0.717, 1.165) is 5.56 Å². The Balaban J connectivity index is 0.799. The summed E-state index contributed by atoms with van der Waals surface area (Å²) in [4.78, 5) is 52.5. The fraction of sp³-hybridized carbons (Fsp3) is 0.100. The smallest absolute Gasteiger partial charge is 0.347 e. The number of ether oxygens (including phenoxy) is 10. The largest absolute Gasteiger partial charge is 0.496 e. The number of rotatable bonds is 18. The quantitative estimate of drug-likeness (QED) is 0.0454. The molecule has 0 atom stereocenters. The van der Waals surface area contributed by atoms with Crippen molar-refractivity contribution in [2.75, 3.05) is 28.4 Å². The van der Waals surface area contributed by atoms with E-state index in [2.05, 4.69) is 11.8 Å². The first kappa shape index (κ1) is 50.4. The van der Waals surface area contributed by atoms with E-state index in [9.17, 15) is 19.2 Å². The van der Waals surface area contributed by atoms with Crippen LogP contribution in [0, 0.1) is 11.8 Å². The first-order chi connectivity index (χ1) is 36.1. The van der Waals surface area contributed by atoms with Crippen LogP contribution in [0.15, 0.2) is 182 Å². The molecule has 0 N–H and O–H groups in total. The third-order valence-corrected chi connectivity index (χ3v) is 11.0. The SMILES string of the molecule is COc1cc(C(=O)Oc2ccc(C(=O)Oc3ccc(C#Cc4ccc(OC(=O)c5ccc(OC(=O)c6cc(OC)c(OCc7ccccc7)cc6OC)cc5)cc4)cc3)cc2)c(OC)cc1COc1ccccc1. The van der Waals surface area contributed by atoms with Gasteiger partial charge in [0.25, 0.3) is 0 Å². The zero-order chi connectivity index (χ0) is 51.8. The van der Waals surface area contributed by atoms with Crippen molar-refractivity contribution in [3.05, 3.63) is 226 Å². The highest BCUT2D eigenvalue weighted by atomic mass is 16.6. The van der Waals surface area contributed by atoms with Gasteiger partial charge in [0.2, 0.25) is 0 Å². The van der Waals surface area contributed by atoms with Gasteiger partial charge in [-0.15, -0.1) is 0 Å². The van der Waals surface area contributed by atoms with Crippen LogP contribution in [-0.2, 0) is 13.2 Å². The lowest BCUT2D eigenvalue weighted by Crippen LogP contribution is -2.12. The topological polar surface area (TPSA) is 161 Å². The van der Waals surface area contributed by atoms with Crippen LogP contribution >= 0.6 is 0 Å². The van der Waals surface area contributed by atoms with Crippen molar-refractivity contribution in [3.8, 4) is 69.3 Å². The molecule has 0 unspecified atom stereocenters. The molecule has 0 aliphatic rings. The van der Waals surface area contributed by atoms with Crippen molar-refractivity contribution in [2.24, 2.45) is 0 Å². The lowest BCUT2D eigenvalue weighted by molar-refractivity contribution is 0.0717. The van der Waals surface area contributed by atoms with Crippen LogP contribution in [0.5, 0.6) is 57.5 Å². The molecule has 74 heavy (non-hydrogen) atoms. The summed E-state index contributed by atoms with van der Waals surface area (Å²) < 4.78 is 56.1. The summed E-state index contributed by atoms with van der Waals surface area (Å²) in [6.45, 7) is 0.465. The first-order valence-corrected chi connectivity index (χ1v) is 22.8. The van der Waals surface area contributed by atoms with Gasteiger partial charge in [0.15, 0.2) is 11.5 Å². The van der Waals surface area contributed by atoms with Crippen molar-refractivity contribution in [1.29, 1.82) is 0 Å². The molecular weight excluding hydrogens is 945 g/mol. The second-order valence-electron chi connectivity index (χ2n) is 15.8. The molecule has 0 aliphatic carbocycles. The molecule has 0 heterocycles. The Hall–Kier alpha value is -10.0. The Bertz CT molecular complexity index is 3090. The lowest BCUT2D eigenvalue weighted by Gasteiger charge is -2.15. The highest BCUT2D eigenvalue weighted by Gasteiger charge is 2.22. The maximum Gasteiger partial charge on any atom is 0.347 e. The number of methoxy groups -OCH3 is 4. The van der Waals surface area contributed by atoms with Crippen LogP contribution in [0.4, 0.5) is 0 Å². The lowest BCUT2D eigenvalue weighted by atomic mass is 10.1. The minimum Gasteiger partial charge on any atom is -0.496 e. The summed E-state index contributed by atoms with van der Waals surface area (Å²) in [5.41, 5.74) is 3.65. The Morgan fingerprint density at radius 2 is 0.757 bits per heavy atom. The third kappa shape index (κ3) is 13.0. The van der Waals surface area contributed by atoms with Gasteiger partial charge in [0, 0.05) is 28.8 Å². The van der Waals surface area contributed by atoms with Crippen LogP contribution in [0.1, 0.15) is 63.7 Å². The van der Waals surface area contributed by atoms with Gasteiger partial charge >= 0.3 is 23.9 Å². The fourth-order valence-electron chi connectivity index (χ4n) is 7.12. The molecule has 0 saturated carbocycles. The number of esters is 4. The third-order valence-electron chi connectivity index (χ3n) is 11.0. The van der Waals surface area contributed by atoms with E-state index in [1.165, 1.54) is 89.1 Å². The van der Waals surface area contributed by atoms with Crippen molar-refractivity contribution < 1.29 is 66.5 Å². The summed E-state index contributed by atoms with van der Waals surface area (Å²) in [6, 6.07) is 50.3. The van der Waals surface area contributed by atoms with Gasteiger partial charge in [-0.1, -0.05) is 60.4 Å². The monoisotopic (exact) mass is 990 g/mol. The summed E-state index contributed by atoms with van der Waals surface area (Å²) in [6.07, 6.45) is 0. The van der Waals surface area contributed by atoms with Crippen LogP contribution in [0.3, 0.4) is 0 Å². The molecule has 8 rings (SSSR count). The highest BCUT2D eigenvalue weighted by molar-refractivity contribution is 5.96. The van der Waals surface area contributed by atoms with E-state index in [-0.39, 0.29) is 58.5 Å². The second-order valence-corrected chi connectivity index (χ2v) is 15.8. The van der Waals surface area contributed by atoms with Gasteiger partial charge in [0.1, 0.15) is 70.3 Å². The average Bonchev–Trinajstić information content (AvgIpc) is 3.44. The van der Waals surface area contributed by atoms with Crippen molar-refractivity contribution in [2.45, 2.75) is 13.2 Å². The van der Waals surface area contributed by atoms with Gasteiger partial charge in [-0.3, -0.25) is 0 Å². The van der Waals surface area contributed by atoms with Crippen LogP contribution in [0.2, 0.25) is 0 Å². The Morgan fingerprint density at radius 1 is 0.351 bits per heavy atom. The van der Waals surface area contributed by atoms with E-state index in [4.69, 9.17) is 47.4 Å². The molecule has 0 saturated heterocycles. The van der Waals surface area contributed by atoms with Gasteiger partial charge in [0.05, 0.1) is 39.6 Å². The van der Waals surface area contributed by atoms with Crippen molar-refractivity contribution in [3.63, 3.8) is 0 Å². The number of carbonyl (C=O) groups is 4. The van der Waals surface area contributed by atoms with Crippen molar-refractivity contribution >= 4 is 23.9 Å². The molecule has 0 aliphatic heterocycles. The molecule has 8 aromatic carbocycles. The van der Waals surface area contributed by atoms with Crippen LogP contribution in [0.25, 0.3) is 0 Å². The van der Waals surface area contributed by atoms with Crippen molar-refractivity contribution in [1.82, 2.24) is 0 Å². The minimum absolute atomic E-state index is 0.115. The van der Waals surface area contributed by atoms with Gasteiger partial charge in [-0.25, -0.2) is 19.2 Å². The number of hydrogen-bond acceptors (Lipinski definition) is 14. The van der Waals surface area contributed by atoms with E-state index in [1.807, 2.05) is 60.7 Å². The van der Waals surface area contributed by atoms with E-state index >= 15 is 0 Å². The van der Waals surface area contributed by atoms with Gasteiger partial charge in [-0.2, -0.15) is 0 Å².